The van der Waals surface area contributed by atoms with E-state index in [2.05, 4.69) is 5.32 Å². The topological polar surface area (TPSA) is 29.1 Å². The van der Waals surface area contributed by atoms with Gasteiger partial charge in [0.15, 0.2) is 0 Å². The highest BCUT2D eigenvalue weighted by Crippen LogP contribution is 2.27. The highest BCUT2D eigenvalue weighted by molar-refractivity contribution is 5.99. The van der Waals surface area contributed by atoms with Gasteiger partial charge < -0.3 is 5.32 Å². The Kier molecular flexibility index (Phi) is 1.79. The fraction of sp³-hybridized carbons (Fsp3) is 0.300. The zero-order valence-corrected chi connectivity index (χ0v) is 7.36. The number of rotatable bonds is 1. The van der Waals surface area contributed by atoms with Crippen LogP contribution in [-0.4, -0.2) is 5.91 Å². The summed E-state index contributed by atoms with van der Waals surface area (Å²) in [5.74, 6) is -0.442. The first kappa shape index (κ1) is 8.23. The van der Waals surface area contributed by atoms with Gasteiger partial charge in [-0.3, -0.25) is 4.79 Å². The van der Waals surface area contributed by atoms with Gasteiger partial charge in [-0.05, 0) is 23.6 Å². The molecule has 1 heterocycles. The van der Waals surface area contributed by atoms with Crippen molar-refractivity contribution in [2.24, 2.45) is 0 Å². The van der Waals surface area contributed by atoms with E-state index in [0.29, 0.717) is 12.1 Å². The Morgan fingerprint density at radius 3 is 3.00 bits per heavy atom. The molecule has 0 bridgehead atoms. The van der Waals surface area contributed by atoms with Crippen LogP contribution in [0.2, 0.25) is 0 Å². The molecule has 1 amide bonds. The molecule has 1 aliphatic heterocycles. The van der Waals surface area contributed by atoms with E-state index >= 15 is 0 Å². The molecule has 0 fully saturated rings. The minimum absolute atomic E-state index is 0.123. The first-order chi connectivity index (χ1) is 6.20. The number of fused-ring (bicyclic) bond motifs is 1. The number of carbonyl (C=O) groups is 1. The summed E-state index contributed by atoms with van der Waals surface area (Å²) in [5, 5.41) is 2.50. The fourth-order valence-corrected chi connectivity index (χ4v) is 1.57. The second-order valence-corrected chi connectivity index (χ2v) is 3.19. The smallest absolute Gasteiger partial charge is 0.228 e. The minimum Gasteiger partial charge on any atom is -0.323 e. The van der Waals surface area contributed by atoms with Gasteiger partial charge in [0.05, 0.1) is 12.1 Å². The Morgan fingerprint density at radius 1 is 1.54 bits per heavy atom. The molecule has 0 saturated heterocycles. The second kappa shape index (κ2) is 2.83. The average Bonchev–Trinajstić information content (AvgIpc) is 2.46. The Labute approximate surface area is 75.8 Å². The molecule has 68 valence electrons. The summed E-state index contributed by atoms with van der Waals surface area (Å²) >= 11 is 0. The van der Waals surface area contributed by atoms with E-state index < -0.39 is 0 Å². The molecule has 2 rings (SSSR count). The third-order valence-electron chi connectivity index (χ3n) is 2.26. The largest absolute Gasteiger partial charge is 0.323 e. The molecule has 0 atom stereocenters. The summed E-state index contributed by atoms with van der Waals surface area (Å²) in [4.78, 5) is 11.0. The summed E-state index contributed by atoms with van der Waals surface area (Å²) in [6.45, 7) is 1.96. The third kappa shape index (κ3) is 1.30. The molecule has 3 heteroatoms. The molecule has 0 aromatic heterocycles. The zero-order valence-electron chi connectivity index (χ0n) is 7.36. The van der Waals surface area contributed by atoms with E-state index in [1.165, 1.54) is 6.07 Å². The van der Waals surface area contributed by atoms with Gasteiger partial charge in [0, 0.05) is 0 Å². The molecule has 2 nitrogen and oxygen atoms in total. The lowest BCUT2D eigenvalue weighted by molar-refractivity contribution is -0.115. The summed E-state index contributed by atoms with van der Waals surface area (Å²) in [7, 11) is 0. The Balaban J connectivity index is 2.52. The summed E-state index contributed by atoms with van der Waals surface area (Å²) in [5.41, 5.74) is 2.08. The van der Waals surface area contributed by atoms with Gasteiger partial charge in [-0.15, -0.1) is 0 Å². The molecule has 0 unspecified atom stereocenters. The van der Waals surface area contributed by atoms with Crippen molar-refractivity contribution in [1.29, 1.82) is 0 Å². The van der Waals surface area contributed by atoms with E-state index in [-0.39, 0.29) is 11.7 Å². The van der Waals surface area contributed by atoms with Crippen LogP contribution in [-0.2, 0) is 17.6 Å². The summed E-state index contributed by atoms with van der Waals surface area (Å²) in [6.07, 6.45) is 1.10. The van der Waals surface area contributed by atoms with Crippen molar-refractivity contribution in [2.75, 3.05) is 5.32 Å². The monoisotopic (exact) mass is 179 g/mol. The predicted molar refractivity (Wildman–Crippen MR) is 48.1 cm³/mol. The van der Waals surface area contributed by atoms with Crippen LogP contribution in [0.4, 0.5) is 10.1 Å². The van der Waals surface area contributed by atoms with Crippen molar-refractivity contribution in [3.63, 3.8) is 0 Å². The molecular weight excluding hydrogens is 169 g/mol. The first-order valence-electron chi connectivity index (χ1n) is 4.32. The Morgan fingerprint density at radius 2 is 2.31 bits per heavy atom. The predicted octanol–water partition coefficient (Wildman–Crippen LogP) is 1.88. The molecule has 13 heavy (non-hydrogen) atoms. The molecule has 1 aromatic rings. The molecule has 0 saturated carbocycles. The number of nitrogens with one attached hydrogen (secondary N) is 1. The van der Waals surface area contributed by atoms with Crippen LogP contribution in [0.25, 0.3) is 0 Å². The molecule has 1 aromatic carbocycles. The van der Waals surface area contributed by atoms with Gasteiger partial charge in [-0.2, -0.15) is 0 Å². The van der Waals surface area contributed by atoms with Crippen molar-refractivity contribution < 1.29 is 9.18 Å². The summed E-state index contributed by atoms with van der Waals surface area (Å²) in [6, 6.07) is 3.36. The second-order valence-electron chi connectivity index (χ2n) is 3.19. The fourth-order valence-electron chi connectivity index (χ4n) is 1.57. The SMILES string of the molecule is CCc1cc(F)c2c(c1)CC(=O)N2. The van der Waals surface area contributed by atoms with Crippen LogP contribution in [0.1, 0.15) is 18.1 Å². The van der Waals surface area contributed by atoms with E-state index in [1.54, 1.807) is 0 Å². The number of carbonyl (C=O) groups excluding carboxylic acids is 1. The number of anilines is 1. The van der Waals surface area contributed by atoms with Crippen LogP contribution in [0.5, 0.6) is 0 Å². The number of hydrogen-bond acceptors (Lipinski definition) is 1. The van der Waals surface area contributed by atoms with Gasteiger partial charge in [-0.1, -0.05) is 13.0 Å². The maximum atomic E-state index is 13.3. The molecule has 0 radical (unpaired) electrons. The van der Waals surface area contributed by atoms with E-state index in [1.807, 2.05) is 13.0 Å². The molecular formula is C10H10FNO. The van der Waals surface area contributed by atoms with Crippen molar-refractivity contribution in [1.82, 2.24) is 0 Å². The standard InChI is InChI=1S/C10H10FNO/c1-2-6-3-7-5-9(13)12-10(7)8(11)4-6/h3-4H,2,5H2,1H3,(H,12,13). The summed E-state index contributed by atoms with van der Waals surface area (Å²) < 4.78 is 13.3. The van der Waals surface area contributed by atoms with Gasteiger partial charge in [0.25, 0.3) is 0 Å². The Hall–Kier alpha value is -1.38. The highest BCUT2D eigenvalue weighted by atomic mass is 19.1. The molecule has 0 aliphatic carbocycles. The number of halogens is 1. The normalized spacial score (nSPS) is 14.2. The lowest BCUT2D eigenvalue weighted by Gasteiger charge is -2.03. The number of aryl methyl sites for hydroxylation is 1. The lowest BCUT2D eigenvalue weighted by atomic mass is 10.1. The molecule has 1 aliphatic rings. The molecule has 0 spiro atoms. The van der Waals surface area contributed by atoms with Crippen molar-refractivity contribution in [2.45, 2.75) is 19.8 Å². The van der Waals surface area contributed by atoms with Crippen LogP contribution >= 0.6 is 0 Å². The maximum absolute atomic E-state index is 13.3. The van der Waals surface area contributed by atoms with Crippen LogP contribution in [0, 0.1) is 5.82 Å². The van der Waals surface area contributed by atoms with Gasteiger partial charge in [-0.25, -0.2) is 4.39 Å². The average molecular weight is 179 g/mol. The van der Waals surface area contributed by atoms with Gasteiger partial charge in [0.1, 0.15) is 5.82 Å². The Bertz CT molecular complexity index is 373. The van der Waals surface area contributed by atoms with Crippen LogP contribution < -0.4 is 5.32 Å². The number of hydrogen-bond donors (Lipinski definition) is 1. The van der Waals surface area contributed by atoms with Crippen LogP contribution in [0.15, 0.2) is 12.1 Å². The zero-order chi connectivity index (χ0) is 9.42. The number of benzene rings is 1. The number of amides is 1. The highest BCUT2D eigenvalue weighted by Gasteiger charge is 2.21. The lowest BCUT2D eigenvalue weighted by Crippen LogP contribution is -2.04. The van der Waals surface area contributed by atoms with Crippen molar-refractivity contribution >= 4 is 11.6 Å². The van der Waals surface area contributed by atoms with Crippen molar-refractivity contribution in [3.05, 3.63) is 29.1 Å². The third-order valence-corrected chi connectivity index (χ3v) is 2.26. The quantitative estimate of drug-likeness (QED) is 0.700. The van der Waals surface area contributed by atoms with Crippen LogP contribution in [0.3, 0.4) is 0 Å². The van der Waals surface area contributed by atoms with Gasteiger partial charge in [0.2, 0.25) is 5.91 Å². The molecule has 1 N–H and O–H groups in total. The van der Waals surface area contributed by atoms with E-state index in [4.69, 9.17) is 0 Å². The van der Waals surface area contributed by atoms with Gasteiger partial charge >= 0.3 is 0 Å². The maximum Gasteiger partial charge on any atom is 0.228 e. The van der Waals surface area contributed by atoms with E-state index in [9.17, 15) is 9.18 Å². The minimum atomic E-state index is -0.319. The van der Waals surface area contributed by atoms with E-state index in [0.717, 1.165) is 17.5 Å². The first-order valence-corrected chi connectivity index (χ1v) is 4.32. The van der Waals surface area contributed by atoms with Crippen molar-refractivity contribution in [3.8, 4) is 0 Å².